The zero-order valence-electron chi connectivity index (χ0n) is 12.9. The summed E-state index contributed by atoms with van der Waals surface area (Å²) in [6.45, 7) is 4.39. The monoisotopic (exact) mass is 291 g/mol. The van der Waals surface area contributed by atoms with Crippen LogP contribution < -0.4 is 4.90 Å². The van der Waals surface area contributed by atoms with Crippen molar-refractivity contribution in [2.45, 2.75) is 19.4 Å². The molecule has 0 bridgehead atoms. The first kappa shape index (κ1) is 14.6. The van der Waals surface area contributed by atoms with Gasteiger partial charge in [-0.3, -0.25) is 4.90 Å². The second-order valence-corrected chi connectivity index (χ2v) is 5.95. The molecule has 3 heteroatoms. The molecule has 0 saturated carbocycles. The predicted octanol–water partition coefficient (Wildman–Crippen LogP) is 3.21. The van der Waals surface area contributed by atoms with Gasteiger partial charge in [0, 0.05) is 18.3 Å². The van der Waals surface area contributed by atoms with Gasteiger partial charge in [0.15, 0.2) is 0 Å². The number of anilines is 1. The third-order valence-electron chi connectivity index (χ3n) is 4.29. The maximum Gasteiger partial charge on any atom is 0.0882 e. The second kappa shape index (κ2) is 6.64. The number of hydrogen-bond acceptors (Lipinski definition) is 3. The Labute approximate surface area is 132 Å². The van der Waals surface area contributed by atoms with Crippen LogP contribution in [0, 0.1) is 18.3 Å². The molecule has 0 amide bonds. The fourth-order valence-electron chi connectivity index (χ4n) is 3.05. The molecule has 1 heterocycles. The van der Waals surface area contributed by atoms with Crippen molar-refractivity contribution < 1.29 is 0 Å². The first-order chi connectivity index (χ1) is 10.8. The van der Waals surface area contributed by atoms with Crippen LogP contribution in [0.3, 0.4) is 0 Å². The van der Waals surface area contributed by atoms with Gasteiger partial charge in [-0.15, -0.1) is 0 Å². The van der Waals surface area contributed by atoms with E-state index in [1.54, 1.807) is 0 Å². The van der Waals surface area contributed by atoms with Gasteiger partial charge in [-0.05, 0) is 31.0 Å². The van der Waals surface area contributed by atoms with Gasteiger partial charge >= 0.3 is 0 Å². The van der Waals surface area contributed by atoms with E-state index in [0.717, 1.165) is 19.6 Å². The third kappa shape index (κ3) is 3.29. The lowest BCUT2D eigenvalue weighted by molar-refractivity contribution is 0.289. The van der Waals surface area contributed by atoms with Crippen molar-refractivity contribution in [3.63, 3.8) is 0 Å². The molecule has 1 aliphatic heterocycles. The molecule has 22 heavy (non-hydrogen) atoms. The molecule has 3 rings (SSSR count). The van der Waals surface area contributed by atoms with Gasteiger partial charge in [0.05, 0.1) is 19.3 Å². The summed E-state index contributed by atoms with van der Waals surface area (Å²) in [6, 6.07) is 21.9. The lowest BCUT2D eigenvalue weighted by Crippen LogP contribution is -2.33. The summed E-state index contributed by atoms with van der Waals surface area (Å²) >= 11 is 0. The largest absolute Gasteiger partial charge is 0.357 e. The highest BCUT2D eigenvalue weighted by atomic mass is 15.4. The van der Waals surface area contributed by atoms with E-state index >= 15 is 0 Å². The minimum absolute atomic E-state index is 0.392. The van der Waals surface area contributed by atoms with Crippen LogP contribution in [0.15, 0.2) is 54.6 Å². The SMILES string of the molecule is Cc1ccc(N2CC(Cc3ccccc3)N(CC#N)C2)cc1. The number of hydrogen-bond donors (Lipinski definition) is 0. The molecule has 2 aromatic rings. The summed E-state index contributed by atoms with van der Waals surface area (Å²) < 4.78 is 0. The van der Waals surface area contributed by atoms with E-state index in [-0.39, 0.29) is 0 Å². The van der Waals surface area contributed by atoms with Crippen molar-refractivity contribution in [3.05, 3.63) is 65.7 Å². The van der Waals surface area contributed by atoms with Crippen LogP contribution in [0.2, 0.25) is 0 Å². The molecule has 1 unspecified atom stereocenters. The van der Waals surface area contributed by atoms with Crippen molar-refractivity contribution in [2.75, 3.05) is 24.7 Å². The van der Waals surface area contributed by atoms with E-state index in [2.05, 4.69) is 71.3 Å². The van der Waals surface area contributed by atoms with Gasteiger partial charge in [-0.25, -0.2) is 0 Å². The average Bonchev–Trinajstić information content (AvgIpc) is 2.92. The molecule has 1 atom stereocenters. The molecule has 0 N–H and O–H groups in total. The maximum absolute atomic E-state index is 9.09. The quantitative estimate of drug-likeness (QED) is 0.810. The summed E-state index contributed by atoms with van der Waals surface area (Å²) in [7, 11) is 0. The molecule has 0 aromatic heterocycles. The number of benzene rings is 2. The summed E-state index contributed by atoms with van der Waals surface area (Å²) in [5.74, 6) is 0. The molecule has 3 nitrogen and oxygen atoms in total. The Morgan fingerprint density at radius 2 is 1.82 bits per heavy atom. The van der Waals surface area contributed by atoms with Crippen molar-refractivity contribution in [1.29, 1.82) is 5.26 Å². The summed E-state index contributed by atoms with van der Waals surface area (Å²) in [5, 5.41) is 9.09. The van der Waals surface area contributed by atoms with E-state index < -0.39 is 0 Å². The fourth-order valence-corrected chi connectivity index (χ4v) is 3.05. The molecule has 0 spiro atoms. The number of nitriles is 1. The van der Waals surface area contributed by atoms with E-state index in [4.69, 9.17) is 5.26 Å². The molecule has 0 aliphatic carbocycles. The van der Waals surface area contributed by atoms with E-state index in [1.807, 2.05) is 6.07 Å². The van der Waals surface area contributed by atoms with Crippen molar-refractivity contribution in [2.24, 2.45) is 0 Å². The smallest absolute Gasteiger partial charge is 0.0882 e. The fraction of sp³-hybridized carbons (Fsp3) is 0.316. The predicted molar refractivity (Wildman–Crippen MR) is 89.6 cm³/mol. The molecule has 1 aliphatic rings. The molecule has 2 aromatic carbocycles. The van der Waals surface area contributed by atoms with Gasteiger partial charge < -0.3 is 4.90 Å². The first-order valence-corrected chi connectivity index (χ1v) is 7.73. The van der Waals surface area contributed by atoms with Crippen LogP contribution in [0.25, 0.3) is 0 Å². The third-order valence-corrected chi connectivity index (χ3v) is 4.29. The van der Waals surface area contributed by atoms with E-state index in [9.17, 15) is 0 Å². The van der Waals surface area contributed by atoms with Gasteiger partial charge in [0.1, 0.15) is 0 Å². The average molecular weight is 291 g/mol. The Bertz CT molecular complexity index is 643. The zero-order valence-corrected chi connectivity index (χ0v) is 12.9. The lowest BCUT2D eigenvalue weighted by Gasteiger charge is -2.19. The molecule has 1 saturated heterocycles. The Morgan fingerprint density at radius 1 is 1.09 bits per heavy atom. The topological polar surface area (TPSA) is 30.3 Å². The van der Waals surface area contributed by atoms with Gasteiger partial charge in [-0.1, -0.05) is 48.0 Å². The highest BCUT2D eigenvalue weighted by Crippen LogP contribution is 2.24. The minimum atomic E-state index is 0.392. The van der Waals surface area contributed by atoms with Crippen LogP contribution in [0.5, 0.6) is 0 Å². The Hall–Kier alpha value is -2.31. The van der Waals surface area contributed by atoms with Crippen molar-refractivity contribution in [1.82, 2.24) is 4.90 Å². The van der Waals surface area contributed by atoms with Crippen molar-refractivity contribution in [3.8, 4) is 6.07 Å². The zero-order chi connectivity index (χ0) is 15.4. The standard InChI is InChI=1S/C19H21N3/c1-16-7-9-18(10-8-16)22-14-19(21(15-22)12-11-20)13-17-5-3-2-4-6-17/h2-10,19H,12-15H2,1H3. The molecular formula is C19H21N3. The van der Waals surface area contributed by atoms with Gasteiger partial charge in [0.2, 0.25) is 0 Å². The second-order valence-electron chi connectivity index (χ2n) is 5.95. The Balaban J connectivity index is 1.74. The normalized spacial score (nSPS) is 18.4. The highest BCUT2D eigenvalue weighted by Gasteiger charge is 2.30. The Morgan fingerprint density at radius 3 is 2.50 bits per heavy atom. The summed E-state index contributed by atoms with van der Waals surface area (Å²) in [5.41, 5.74) is 3.85. The van der Waals surface area contributed by atoms with Crippen LogP contribution in [-0.2, 0) is 6.42 Å². The van der Waals surface area contributed by atoms with Crippen LogP contribution in [0.4, 0.5) is 5.69 Å². The molecule has 1 fully saturated rings. The first-order valence-electron chi connectivity index (χ1n) is 7.73. The lowest BCUT2D eigenvalue weighted by atomic mass is 10.1. The van der Waals surface area contributed by atoms with Crippen LogP contribution in [0.1, 0.15) is 11.1 Å². The highest BCUT2D eigenvalue weighted by molar-refractivity contribution is 5.48. The molecule has 0 radical (unpaired) electrons. The maximum atomic E-state index is 9.09. The van der Waals surface area contributed by atoms with Crippen LogP contribution in [-0.4, -0.2) is 30.7 Å². The molecule has 112 valence electrons. The summed E-state index contributed by atoms with van der Waals surface area (Å²) in [4.78, 5) is 4.64. The van der Waals surface area contributed by atoms with Crippen molar-refractivity contribution >= 4 is 5.69 Å². The minimum Gasteiger partial charge on any atom is -0.357 e. The molecular weight excluding hydrogens is 270 g/mol. The number of rotatable bonds is 4. The number of nitrogens with zero attached hydrogens (tertiary/aromatic N) is 3. The van der Waals surface area contributed by atoms with E-state index in [0.29, 0.717) is 12.6 Å². The van der Waals surface area contributed by atoms with Crippen LogP contribution >= 0.6 is 0 Å². The van der Waals surface area contributed by atoms with E-state index in [1.165, 1.54) is 16.8 Å². The van der Waals surface area contributed by atoms with Gasteiger partial charge in [-0.2, -0.15) is 5.26 Å². The Kier molecular flexibility index (Phi) is 4.41. The van der Waals surface area contributed by atoms with Gasteiger partial charge in [0.25, 0.3) is 0 Å². The number of aryl methyl sites for hydroxylation is 1. The summed E-state index contributed by atoms with van der Waals surface area (Å²) in [6.07, 6.45) is 0.991.